The summed E-state index contributed by atoms with van der Waals surface area (Å²) in [4.78, 5) is 27.2. The highest BCUT2D eigenvalue weighted by molar-refractivity contribution is 6.07. The summed E-state index contributed by atoms with van der Waals surface area (Å²) in [7, 11) is 0. The number of fused-ring (bicyclic) bond motifs is 3. The maximum atomic E-state index is 13.4. The van der Waals surface area contributed by atoms with E-state index >= 15 is 0 Å². The first kappa shape index (κ1) is 21.0. The van der Waals surface area contributed by atoms with Gasteiger partial charge in [-0.15, -0.1) is 0 Å². The smallest absolute Gasteiger partial charge is 0.262 e. The molecule has 10 nitrogen and oxygen atoms in total. The van der Waals surface area contributed by atoms with Crippen LogP contribution in [0.15, 0.2) is 31.0 Å². The van der Waals surface area contributed by atoms with Gasteiger partial charge in [0.2, 0.25) is 11.7 Å². The lowest BCUT2D eigenvalue weighted by atomic mass is 9.62. The highest BCUT2D eigenvalue weighted by Gasteiger charge is 2.61. The van der Waals surface area contributed by atoms with Gasteiger partial charge in [0, 0.05) is 30.2 Å². The van der Waals surface area contributed by atoms with Crippen LogP contribution >= 0.6 is 0 Å². The first-order chi connectivity index (χ1) is 16.3. The summed E-state index contributed by atoms with van der Waals surface area (Å²) < 4.78 is 15.4. The molecule has 1 amide bonds. The van der Waals surface area contributed by atoms with E-state index in [4.69, 9.17) is 14.5 Å². The zero-order valence-electron chi connectivity index (χ0n) is 19.7. The van der Waals surface area contributed by atoms with Crippen LogP contribution in [0.25, 0.3) is 11.4 Å². The Morgan fingerprint density at radius 1 is 1.26 bits per heavy atom. The Balaban J connectivity index is 1.37. The summed E-state index contributed by atoms with van der Waals surface area (Å²) in [5.74, 6) is 0.419. The molecule has 1 N–H and O–H groups in total. The zero-order chi connectivity index (χ0) is 23.7. The average molecular weight is 462 g/mol. The summed E-state index contributed by atoms with van der Waals surface area (Å²) in [6.45, 7) is 8.72. The van der Waals surface area contributed by atoms with E-state index in [1.807, 2.05) is 33.2 Å². The number of imidazole rings is 1. The third-order valence-corrected chi connectivity index (χ3v) is 6.94. The molecule has 2 saturated heterocycles. The largest absolute Gasteiger partial charge is 0.474 e. The fourth-order valence-corrected chi connectivity index (χ4v) is 5.08. The molecule has 1 aliphatic carbocycles. The Morgan fingerprint density at radius 2 is 2.09 bits per heavy atom. The van der Waals surface area contributed by atoms with Crippen molar-refractivity contribution in [2.24, 2.45) is 0 Å². The Kier molecular flexibility index (Phi) is 4.47. The molecular formula is C24H27N7O3. The molecule has 3 aliphatic rings. The number of anilines is 1. The van der Waals surface area contributed by atoms with Gasteiger partial charge in [-0.1, -0.05) is 6.92 Å². The van der Waals surface area contributed by atoms with Gasteiger partial charge in [-0.2, -0.15) is 10.1 Å². The minimum atomic E-state index is -0.348. The van der Waals surface area contributed by atoms with Crippen molar-refractivity contribution >= 4 is 23.0 Å². The van der Waals surface area contributed by atoms with Crippen LogP contribution in [0, 0.1) is 6.92 Å². The number of hydrogen-bond acceptors (Lipinski definition) is 7. The molecule has 0 aromatic carbocycles. The van der Waals surface area contributed by atoms with Gasteiger partial charge < -0.3 is 14.8 Å². The predicted octanol–water partition coefficient (Wildman–Crippen LogP) is 3.33. The Labute approximate surface area is 196 Å². The lowest BCUT2D eigenvalue weighted by Gasteiger charge is -2.41. The molecule has 1 atom stereocenters. The average Bonchev–Trinajstić information content (AvgIpc) is 3.54. The van der Waals surface area contributed by atoms with Crippen molar-refractivity contribution in [3.05, 3.63) is 47.8 Å². The van der Waals surface area contributed by atoms with Crippen LogP contribution in [0.5, 0.6) is 5.88 Å². The van der Waals surface area contributed by atoms with Gasteiger partial charge in [0.05, 0.1) is 30.2 Å². The van der Waals surface area contributed by atoms with Gasteiger partial charge in [0.15, 0.2) is 5.65 Å². The highest BCUT2D eigenvalue weighted by Crippen LogP contribution is 2.58. The molecule has 1 unspecified atom stereocenters. The fourth-order valence-electron chi connectivity index (χ4n) is 5.08. The van der Waals surface area contributed by atoms with E-state index in [0.717, 1.165) is 30.5 Å². The van der Waals surface area contributed by atoms with E-state index in [2.05, 4.69) is 27.3 Å². The van der Waals surface area contributed by atoms with Crippen LogP contribution in [-0.2, 0) is 10.2 Å². The van der Waals surface area contributed by atoms with Crippen molar-refractivity contribution in [2.75, 3.05) is 11.9 Å². The summed E-state index contributed by atoms with van der Waals surface area (Å²) in [6, 6.07) is 0. The Bertz CT molecular complexity index is 1430. The lowest BCUT2D eigenvalue weighted by Crippen LogP contribution is -2.45. The first-order valence-electron chi connectivity index (χ1n) is 11.6. The minimum Gasteiger partial charge on any atom is -0.474 e. The molecule has 2 bridgehead atoms. The third kappa shape index (κ3) is 3.24. The molecular weight excluding hydrogens is 434 g/mol. The van der Waals surface area contributed by atoms with Crippen LogP contribution in [0.2, 0.25) is 0 Å². The van der Waals surface area contributed by atoms with E-state index < -0.39 is 0 Å². The van der Waals surface area contributed by atoms with Crippen LogP contribution in [0.4, 0.5) is 5.69 Å². The molecule has 3 fully saturated rings. The van der Waals surface area contributed by atoms with Crippen molar-refractivity contribution < 1.29 is 14.3 Å². The molecule has 0 spiro atoms. The van der Waals surface area contributed by atoms with E-state index in [0.29, 0.717) is 29.3 Å². The van der Waals surface area contributed by atoms with Gasteiger partial charge in [0.25, 0.3) is 5.91 Å². The van der Waals surface area contributed by atoms with E-state index in [-0.39, 0.29) is 28.9 Å². The van der Waals surface area contributed by atoms with Crippen molar-refractivity contribution in [1.82, 2.24) is 29.0 Å². The van der Waals surface area contributed by atoms with Gasteiger partial charge in [0.1, 0.15) is 11.3 Å². The number of carbonyl (C=O) groups excluding carboxylic acids is 1. The number of aryl methyl sites for hydroxylation is 1. The summed E-state index contributed by atoms with van der Waals surface area (Å²) in [5, 5.41) is 7.21. The SMILES string of the molecule is CCC(C)Oc1nc2nc(C34COC(C)(C3)C4)cn2cc1C(=O)Nc1cnn2cc(C)cnc12. The van der Waals surface area contributed by atoms with Crippen LogP contribution < -0.4 is 10.1 Å². The number of amides is 1. The second kappa shape index (κ2) is 7.23. The lowest BCUT2D eigenvalue weighted by molar-refractivity contribution is 0.0154. The Hall–Kier alpha value is -3.53. The number of rotatable bonds is 6. The van der Waals surface area contributed by atoms with Crippen LogP contribution in [0.3, 0.4) is 0 Å². The zero-order valence-corrected chi connectivity index (χ0v) is 19.7. The molecule has 6 heterocycles. The standard InChI is InChI=1S/C24H27N7O3/c1-5-15(3)34-21-16(20(32)27-17-7-26-31-8-14(2)6-25-19(17)31)9-30-10-18(28-22(30)29-21)24-11-23(4,12-24)33-13-24/h6-10,15H,5,11-13H2,1-4H3,(H,27,32). The summed E-state index contributed by atoms with van der Waals surface area (Å²) in [5.41, 5.74) is 3.22. The summed E-state index contributed by atoms with van der Waals surface area (Å²) in [6.07, 6.45) is 11.5. The van der Waals surface area contributed by atoms with Gasteiger partial charge >= 0.3 is 0 Å². The second-order valence-electron chi connectivity index (χ2n) is 9.91. The number of carbonyl (C=O) groups is 1. The topological polar surface area (TPSA) is 108 Å². The molecule has 34 heavy (non-hydrogen) atoms. The van der Waals surface area contributed by atoms with Crippen LogP contribution in [-0.4, -0.2) is 53.2 Å². The molecule has 10 heteroatoms. The monoisotopic (exact) mass is 461 g/mol. The molecule has 2 aliphatic heterocycles. The normalized spacial score (nSPS) is 24.4. The molecule has 1 saturated carbocycles. The second-order valence-corrected chi connectivity index (χ2v) is 9.91. The minimum absolute atomic E-state index is 0.0416. The van der Waals surface area contributed by atoms with E-state index in [1.54, 1.807) is 27.5 Å². The van der Waals surface area contributed by atoms with E-state index in [1.165, 1.54) is 0 Å². The molecule has 0 radical (unpaired) electrons. The summed E-state index contributed by atoms with van der Waals surface area (Å²) >= 11 is 0. The van der Waals surface area contributed by atoms with Crippen molar-refractivity contribution in [3.8, 4) is 5.88 Å². The molecule has 7 rings (SSSR count). The predicted molar refractivity (Wildman–Crippen MR) is 124 cm³/mol. The van der Waals surface area contributed by atoms with Crippen LogP contribution in [0.1, 0.15) is 61.6 Å². The molecule has 4 aromatic heterocycles. The van der Waals surface area contributed by atoms with Gasteiger partial charge in [-0.05, 0) is 45.6 Å². The maximum absolute atomic E-state index is 13.4. The van der Waals surface area contributed by atoms with Crippen molar-refractivity contribution in [2.45, 2.75) is 64.1 Å². The third-order valence-electron chi connectivity index (χ3n) is 6.94. The number of nitrogens with one attached hydrogen (secondary N) is 1. The highest BCUT2D eigenvalue weighted by atomic mass is 16.5. The number of nitrogens with zero attached hydrogens (tertiary/aromatic N) is 6. The van der Waals surface area contributed by atoms with E-state index in [9.17, 15) is 4.79 Å². The van der Waals surface area contributed by atoms with Gasteiger partial charge in [-0.3, -0.25) is 9.20 Å². The molecule has 176 valence electrons. The fraction of sp³-hybridized carbons (Fsp3) is 0.458. The maximum Gasteiger partial charge on any atom is 0.262 e. The first-order valence-corrected chi connectivity index (χ1v) is 11.6. The van der Waals surface area contributed by atoms with Crippen molar-refractivity contribution in [3.63, 3.8) is 0 Å². The van der Waals surface area contributed by atoms with Gasteiger partial charge in [-0.25, -0.2) is 14.5 Å². The quantitative estimate of drug-likeness (QED) is 0.469. The Morgan fingerprint density at radius 3 is 2.82 bits per heavy atom. The number of hydrogen-bond donors (Lipinski definition) is 1. The number of aromatic nitrogens is 6. The van der Waals surface area contributed by atoms with Crippen molar-refractivity contribution in [1.29, 1.82) is 0 Å². The number of ether oxygens (including phenoxy) is 2. The molecule has 4 aromatic rings.